The first-order valence-corrected chi connectivity index (χ1v) is 14.1. The van der Waals surface area contributed by atoms with Gasteiger partial charge in [-0.2, -0.15) is 0 Å². The molecule has 35 heavy (non-hydrogen) atoms. The standard InChI is InChI=1S/C17H26O2.C15H24O/c1-4-6-7-10-15(9-5-2)16-11-8-12-17(13-16)19-14(3)18;1-2-3-4-5-6-7-8-11-14-12-9-10-13-15(14)16/h8,11-13,15H,4-7,9-10H2,1-3H3;9-10,12-13,16H,2-8,11H2,1H3. The molecule has 0 saturated carbocycles. The monoisotopic (exact) mass is 482 g/mol. The molecule has 1 unspecified atom stereocenters. The molecule has 0 bridgehead atoms. The zero-order chi connectivity index (χ0) is 25.7. The lowest BCUT2D eigenvalue weighted by molar-refractivity contribution is -0.131. The van der Waals surface area contributed by atoms with Crippen LogP contribution in [0.3, 0.4) is 0 Å². The Balaban J connectivity index is 0.000000355. The quantitative estimate of drug-likeness (QED) is 0.147. The topological polar surface area (TPSA) is 46.5 Å². The summed E-state index contributed by atoms with van der Waals surface area (Å²) >= 11 is 0. The number of benzene rings is 2. The van der Waals surface area contributed by atoms with Gasteiger partial charge in [-0.3, -0.25) is 4.79 Å². The van der Waals surface area contributed by atoms with Crippen LogP contribution < -0.4 is 4.74 Å². The van der Waals surface area contributed by atoms with E-state index >= 15 is 0 Å². The minimum atomic E-state index is -0.254. The van der Waals surface area contributed by atoms with E-state index < -0.39 is 0 Å². The fraction of sp³-hybridized carbons (Fsp3) is 0.594. The van der Waals surface area contributed by atoms with Gasteiger partial charge in [0.25, 0.3) is 0 Å². The average molecular weight is 483 g/mol. The molecular formula is C32H50O3. The molecule has 0 heterocycles. The van der Waals surface area contributed by atoms with Crippen molar-refractivity contribution >= 4 is 5.97 Å². The van der Waals surface area contributed by atoms with E-state index in [9.17, 15) is 9.90 Å². The van der Waals surface area contributed by atoms with Gasteiger partial charge >= 0.3 is 5.97 Å². The molecule has 0 spiro atoms. The van der Waals surface area contributed by atoms with Gasteiger partial charge in [0.15, 0.2) is 0 Å². The van der Waals surface area contributed by atoms with Crippen molar-refractivity contribution < 1.29 is 14.6 Å². The summed E-state index contributed by atoms with van der Waals surface area (Å²) in [5.74, 6) is 1.46. The summed E-state index contributed by atoms with van der Waals surface area (Å²) in [6.07, 6.45) is 17.7. The van der Waals surface area contributed by atoms with Crippen molar-refractivity contribution in [3.8, 4) is 11.5 Å². The number of carbonyl (C=O) groups is 1. The Labute approximate surface area is 215 Å². The predicted octanol–water partition coefficient (Wildman–Crippen LogP) is 9.76. The maximum Gasteiger partial charge on any atom is 0.308 e. The maximum absolute atomic E-state index is 11.0. The Kier molecular flexibility index (Phi) is 17.5. The average Bonchev–Trinajstić information content (AvgIpc) is 2.84. The van der Waals surface area contributed by atoms with Crippen molar-refractivity contribution in [2.24, 2.45) is 0 Å². The molecule has 0 aliphatic heterocycles. The molecule has 0 aromatic heterocycles. The van der Waals surface area contributed by atoms with Crippen molar-refractivity contribution in [3.63, 3.8) is 0 Å². The molecule has 0 aliphatic carbocycles. The van der Waals surface area contributed by atoms with Crippen molar-refractivity contribution in [2.45, 2.75) is 124 Å². The van der Waals surface area contributed by atoms with E-state index in [1.807, 2.05) is 36.4 Å². The number of aromatic hydroxyl groups is 1. The highest BCUT2D eigenvalue weighted by Gasteiger charge is 2.11. The first-order valence-electron chi connectivity index (χ1n) is 14.1. The van der Waals surface area contributed by atoms with E-state index in [1.165, 1.54) is 96.0 Å². The van der Waals surface area contributed by atoms with Crippen LogP contribution in [0.25, 0.3) is 0 Å². The number of hydrogen-bond acceptors (Lipinski definition) is 3. The summed E-state index contributed by atoms with van der Waals surface area (Å²) < 4.78 is 5.17. The van der Waals surface area contributed by atoms with Gasteiger partial charge in [0.05, 0.1) is 0 Å². The zero-order valence-corrected chi connectivity index (χ0v) is 22.9. The lowest BCUT2D eigenvalue weighted by atomic mass is 9.89. The molecule has 196 valence electrons. The van der Waals surface area contributed by atoms with Crippen molar-refractivity contribution in [1.29, 1.82) is 0 Å². The summed E-state index contributed by atoms with van der Waals surface area (Å²) in [6, 6.07) is 15.7. The molecule has 0 fully saturated rings. The fourth-order valence-electron chi connectivity index (χ4n) is 4.46. The minimum Gasteiger partial charge on any atom is -0.508 e. The first kappa shape index (κ1) is 30.7. The molecule has 0 saturated heterocycles. The van der Waals surface area contributed by atoms with Gasteiger partial charge in [-0.05, 0) is 60.9 Å². The van der Waals surface area contributed by atoms with Crippen LogP contribution in [0.1, 0.15) is 128 Å². The number of hydrogen-bond donors (Lipinski definition) is 1. The number of esters is 1. The third kappa shape index (κ3) is 14.7. The van der Waals surface area contributed by atoms with Crippen molar-refractivity contribution in [3.05, 3.63) is 59.7 Å². The van der Waals surface area contributed by atoms with Crippen LogP contribution in [0.4, 0.5) is 0 Å². The van der Waals surface area contributed by atoms with Crippen LogP contribution >= 0.6 is 0 Å². The highest BCUT2D eigenvalue weighted by molar-refractivity contribution is 5.69. The Hall–Kier alpha value is -2.29. The first-order chi connectivity index (χ1) is 17.0. The fourth-order valence-corrected chi connectivity index (χ4v) is 4.46. The number of unbranched alkanes of at least 4 members (excludes halogenated alkanes) is 8. The van der Waals surface area contributed by atoms with Crippen LogP contribution in [0, 0.1) is 0 Å². The number of carbonyl (C=O) groups excluding carboxylic acids is 1. The lowest BCUT2D eigenvalue weighted by Crippen LogP contribution is -2.03. The summed E-state index contributed by atoms with van der Waals surface area (Å²) in [6.45, 7) is 8.15. The number of ether oxygens (including phenoxy) is 1. The SMILES string of the molecule is CCCCCC(CCC)c1cccc(OC(C)=O)c1.CCCCCCCCCc1ccccc1O. The summed E-state index contributed by atoms with van der Waals surface area (Å²) in [5, 5.41) is 9.58. The molecular weight excluding hydrogens is 432 g/mol. The van der Waals surface area contributed by atoms with Gasteiger partial charge < -0.3 is 9.84 Å². The van der Waals surface area contributed by atoms with Crippen LogP contribution in [0.5, 0.6) is 11.5 Å². The molecule has 2 aromatic carbocycles. The molecule has 0 amide bonds. The lowest BCUT2D eigenvalue weighted by Gasteiger charge is -2.17. The second kappa shape index (κ2) is 20.0. The molecule has 1 atom stereocenters. The number of rotatable bonds is 16. The normalized spacial score (nSPS) is 11.4. The van der Waals surface area contributed by atoms with E-state index in [0.29, 0.717) is 17.4 Å². The number of phenolic OH excluding ortho intramolecular Hbond substituents is 1. The number of phenols is 1. The Bertz CT molecular complexity index is 799. The second-order valence-corrected chi connectivity index (χ2v) is 9.65. The van der Waals surface area contributed by atoms with Gasteiger partial charge in [0.2, 0.25) is 0 Å². The molecule has 3 nitrogen and oxygen atoms in total. The summed E-state index contributed by atoms with van der Waals surface area (Å²) in [4.78, 5) is 11.0. The predicted molar refractivity (Wildman–Crippen MR) is 149 cm³/mol. The largest absolute Gasteiger partial charge is 0.508 e. The highest BCUT2D eigenvalue weighted by Crippen LogP contribution is 2.29. The third-order valence-corrected chi connectivity index (χ3v) is 6.43. The van der Waals surface area contributed by atoms with E-state index in [0.717, 1.165) is 12.0 Å². The van der Waals surface area contributed by atoms with Crippen LogP contribution in [-0.4, -0.2) is 11.1 Å². The van der Waals surface area contributed by atoms with Gasteiger partial charge in [-0.1, -0.05) is 115 Å². The molecule has 0 radical (unpaired) electrons. The van der Waals surface area contributed by atoms with Gasteiger partial charge in [0.1, 0.15) is 11.5 Å². The van der Waals surface area contributed by atoms with Gasteiger partial charge in [0, 0.05) is 6.92 Å². The van der Waals surface area contributed by atoms with E-state index in [2.05, 4.69) is 26.8 Å². The van der Waals surface area contributed by atoms with Crippen LogP contribution in [0.15, 0.2) is 48.5 Å². The summed E-state index contributed by atoms with van der Waals surface area (Å²) in [7, 11) is 0. The van der Waals surface area contributed by atoms with E-state index in [1.54, 1.807) is 6.07 Å². The highest BCUT2D eigenvalue weighted by atomic mass is 16.5. The molecule has 2 rings (SSSR count). The minimum absolute atomic E-state index is 0.254. The zero-order valence-electron chi connectivity index (χ0n) is 22.9. The Morgan fingerprint density at radius 2 is 1.43 bits per heavy atom. The Morgan fingerprint density at radius 1 is 0.771 bits per heavy atom. The number of para-hydroxylation sites is 1. The number of aryl methyl sites for hydroxylation is 1. The smallest absolute Gasteiger partial charge is 0.308 e. The maximum atomic E-state index is 11.0. The van der Waals surface area contributed by atoms with Crippen molar-refractivity contribution in [1.82, 2.24) is 0 Å². The molecule has 0 aliphatic rings. The third-order valence-electron chi connectivity index (χ3n) is 6.43. The van der Waals surface area contributed by atoms with Crippen LogP contribution in [-0.2, 0) is 11.2 Å². The molecule has 3 heteroatoms. The Morgan fingerprint density at radius 3 is 2.09 bits per heavy atom. The van der Waals surface area contributed by atoms with Gasteiger partial charge in [-0.25, -0.2) is 0 Å². The van der Waals surface area contributed by atoms with E-state index in [4.69, 9.17) is 4.74 Å². The van der Waals surface area contributed by atoms with Crippen molar-refractivity contribution in [2.75, 3.05) is 0 Å². The second-order valence-electron chi connectivity index (χ2n) is 9.65. The van der Waals surface area contributed by atoms with Crippen LogP contribution in [0.2, 0.25) is 0 Å². The van der Waals surface area contributed by atoms with Gasteiger partial charge in [-0.15, -0.1) is 0 Å². The van der Waals surface area contributed by atoms with E-state index in [-0.39, 0.29) is 5.97 Å². The molecule has 2 aromatic rings. The molecule has 1 N–H and O–H groups in total. The summed E-state index contributed by atoms with van der Waals surface area (Å²) in [5.41, 5.74) is 2.40.